The van der Waals surface area contributed by atoms with Gasteiger partial charge in [0.2, 0.25) is 11.8 Å². The summed E-state index contributed by atoms with van der Waals surface area (Å²) in [6, 6.07) is 17.6. The van der Waals surface area contributed by atoms with Gasteiger partial charge >= 0.3 is 0 Å². The molecule has 158 valence electrons. The highest BCUT2D eigenvalue weighted by Crippen LogP contribution is 2.32. The molecule has 7 heteroatoms. The molecule has 2 aromatic carbocycles. The Morgan fingerprint density at radius 1 is 1.03 bits per heavy atom. The van der Waals surface area contributed by atoms with Crippen LogP contribution < -0.4 is 15.1 Å². The van der Waals surface area contributed by atoms with Crippen LogP contribution in [0.5, 0.6) is 0 Å². The fourth-order valence-corrected chi connectivity index (χ4v) is 4.26. The lowest BCUT2D eigenvalue weighted by molar-refractivity contribution is -0.122. The second-order valence-electron chi connectivity index (χ2n) is 7.89. The minimum Gasteiger partial charge on any atom is -0.378 e. The number of amides is 2. The fourth-order valence-electron chi connectivity index (χ4n) is 4.26. The van der Waals surface area contributed by atoms with Crippen molar-refractivity contribution in [2.75, 3.05) is 48.0 Å². The Kier molecular flexibility index (Phi) is 5.26. The number of hydrogen-bond donors (Lipinski definition) is 1. The van der Waals surface area contributed by atoms with Gasteiger partial charge in [0.25, 0.3) is 0 Å². The molecule has 2 aliphatic rings. The van der Waals surface area contributed by atoms with Gasteiger partial charge in [-0.15, -0.1) is 0 Å². The predicted octanol–water partition coefficient (Wildman–Crippen LogP) is 3.06. The quantitative estimate of drug-likeness (QED) is 0.708. The molecule has 0 unspecified atom stereocenters. The average Bonchev–Trinajstić information content (AvgIpc) is 3.21. The Morgan fingerprint density at radius 3 is 2.65 bits per heavy atom. The van der Waals surface area contributed by atoms with Crippen molar-refractivity contribution < 1.29 is 14.3 Å². The maximum absolute atomic E-state index is 12.8. The molecular formula is C24H24N4O3. The highest BCUT2D eigenvalue weighted by Gasteiger charge is 2.35. The van der Waals surface area contributed by atoms with Crippen LogP contribution in [0.4, 0.5) is 17.2 Å². The largest absolute Gasteiger partial charge is 0.378 e. The van der Waals surface area contributed by atoms with E-state index in [1.165, 1.54) is 0 Å². The van der Waals surface area contributed by atoms with E-state index in [1.807, 2.05) is 54.6 Å². The summed E-state index contributed by atoms with van der Waals surface area (Å²) in [6.45, 7) is 3.45. The molecule has 0 spiro atoms. The average molecular weight is 416 g/mol. The third-order valence-electron chi connectivity index (χ3n) is 5.93. The molecule has 3 heterocycles. The van der Waals surface area contributed by atoms with Crippen LogP contribution in [0, 0.1) is 5.92 Å². The SMILES string of the molecule is O=C(Nc1ccc(N2CCOCC2)cn1)[C@H]1CC(=O)N(c2cccc3ccccc23)C1. The van der Waals surface area contributed by atoms with Crippen LogP contribution in [0.25, 0.3) is 10.8 Å². The first kappa shape index (κ1) is 19.5. The van der Waals surface area contributed by atoms with Crippen LogP contribution >= 0.6 is 0 Å². The maximum atomic E-state index is 12.8. The van der Waals surface area contributed by atoms with Crippen LogP contribution in [0.1, 0.15) is 6.42 Å². The number of rotatable bonds is 4. The standard InChI is InChI=1S/C24H24N4O3/c29-23-14-18(16-28(23)21-7-3-5-17-4-1-2-6-20(17)21)24(30)26-22-9-8-19(15-25-22)27-10-12-31-13-11-27/h1-9,15,18H,10-14,16H2,(H,25,26,30)/t18-/m0/s1. The van der Waals surface area contributed by atoms with Gasteiger partial charge < -0.3 is 19.9 Å². The topological polar surface area (TPSA) is 74.8 Å². The number of aromatic nitrogens is 1. The zero-order valence-electron chi connectivity index (χ0n) is 17.2. The first-order valence-electron chi connectivity index (χ1n) is 10.6. The molecule has 3 aromatic rings. The third kappa shape index (κ3) is 3.96. The summed E-state index contributed by atoms with van der Waals surface area (Å²) < 4.78 is 5.38. The normalized spacial score (nSPS) is 19.1. The molecule has 1 atom stereocenters. The fraction of sp³-hybridized carbons (Fsp3) is 0.292. The van der Waals surface area contributed by atoms with Gasteiger partial charge in [0.05, 0.1) is 36.7 Å². The van der Waals surface area contributed by atoms with Crippen LogP contribution in [0.15, 0.2) is 60.8 Å². The number of pyridine rings is 1. The Hall–Kier alpha value is -3.45. The summed E-state index contributed by atoms with van der Waals surface area (Å²) in [5, 5.41) is 4.96. The van der Waals surface area contributed by atoms with Gasteiger partial charge in [-0.25, -0.2) is 4.98 Å². The molecule has 5 rings (SSSR count). The second-order valence-corrected chi connectivity index (χ2v) is 7.89. The zero-order chi connectivity index (χ0) is 21.2. The Labute approximate surface area is 180 Å². The lowest BCUT2D eigenvalue weighted by atomic mass is 10.1. The van der Waals surface area contributed by atoms with Crippen molar-refractivity contribution in [3.8, 4) is 0 Å². The van der Waals surface area contributed by atoms with E-state index in [-0.39, 0.29) is 18.2 Å². The van der Waals surface area contributed by atoms with E-state index < -0.39 is 5.92 Å². The van der Waals surface area contributed by atoms with Gasteiger partial charge in [-0.2, -0.15) is 0 Å². The van der Waals surface area contributed by atoms with Gasteiger partial charge in [0, 0.05) is 31.4 Å². The summed E-state index contributed by atoms with van der Waals surface area (Å²) >= 11 is 0. The first-order valence-corrected chi connectivity index (χ1v) is 10.6. The van der Waals surface area contributed by atoms with Gasteiger partial charge in [-0.3, -0.25) is 9.59 Å². The van der Waals surface area contributed by atoms with E-state index in [0.29, 0.717) is 25.6 Å². The number of morpholine rings is 1. The smallest absolute Gasteiger partial charge is 0.230 e. The molecule has 2 aliphatic heterocycles. The Balaban J connectivity index is 1.27. The molecule has 0 aliphatic carbocycles. The number of carbonyl (C=O) groups excluding carboxylic acids is 2. The van der Waals surface area contributed by atoms with E-state index in [2.05, 4.69) is 15.2 Å². The van der Waals surface area contributed by atoms with Crippen LogP contribution in [0.3, 0.4) is 0 Å². The molecule has 31 heavy (non-hydrogen) atoms. The van der Waals surface area contributed by atoms with Crippen LogP contribution in [-0.2, 0) is 14.3 Å². The third-order valence-corrected chi connectivity index (χ3v) is 5.93. The van der Waals surface area contributed by atoms with Gasteiger partial charge in [-0.1, -0.05) is 36.4 Å². The second kappa shape index (κ2) is 8.35. The van der Waals surface area contributed by atoms with E-state index in [1.54, 1.807) is 11.1 Å². The van der Waals surface area contributed by atoms with Crippen molar-refractivity contribution in [3.63, 3.8) is 0 Å². The molecule has 0 saturated carbocycles. The summed E-state index contributed by atoms with van der Waals surface area (Å²) in [5.41, 5.74) is 1.87. The van der Waals surface area contributed by atoms with Crippen LogP contribution in [-0.4, -0.2) is 49.6 Å². The monoisotopic (exact) mass is 416 g/mol. The molecule has 0 bridgehead atoms. The Morgan fingerprint density at radius 2 is 1.84 bits per heavy atom. The molecule has 2 fully saturated rings. The van der Waals surface area contributed by atoms with Crippen molar-refractivity contribution in [2.24, 2.45) is 5.92 Å². The summed E-state index contributed by atoms with van der Waals surface area (Å²) in [6.07, 6.45) is 1.96. The number of hydrogen-bond acceptors (Lipinski definition) is 5. The van der Waals surface area contributed by atoms with Gasteiger partial charge in [0.1, 0.15) is 5.82 Å². The summed E-state index contributed by atoms with van der Waals surface area (Å²) in [4.78, 5) is 33.9. The van der Waals surface area contributed by atoms with E-state index >= 15 is 0 Å². The minimum absolute atomic E-state index is 0.0351. The van der Waals surface area contributed by atoms with Crippen molar-refractivity contribution >= 4 is 39.8 Å². The summed E-state index contributed by atoms with van der Waals surface area (Å²) in [7, 11) is 0. The lowest BCUT2D eigenvalue weighted by Gasteiger charge is -2.28. The molecule has 2 saturated heterocycles. The summed E-state index contributed by atoms with van der Waals surface area (Å²) in [5.74, 6) is -0.125. The van der Waals surface area contributed by atoms with E-state index in [9.17, 15) is 9.59 Å². The van der Waals surface area contributed by atoms with Crippen molar-refractivity contribution in [1.82, 2.24) is 4.98 Å². The first-order chi connectivity index (χ1) is 15.2. The highest BCUT2D eigenvalue weighted by molar-refractivity contribution is 6.08. The molecule has 7 nitrogen and oxygen atoms in total. The molecule has 2 amide bonds. The number of anilines is 3. The maximum Gasteiger partial charge on any atom is 0.230 e. The highest BCUT2D eigenvalue weighted by atomic mass is 16.5. The zero-order valence-corrected chi connectivity index (χ0v) is 17.2. The number of benzene rings is 2. The predicted molar refractivity (Wildman–Crippen MR) is 120 cm³/mol. The number of ether oxygens (including phenoxy) is 1. The van der Waals surface area contributed by atoms with Crippen LogP contribution in [0.2, 0.25) is 0 Å². The Bertz CT molecular complexity index is 1100. The number of nitrogens with one attached hydrogen (secondary N) is 1. The van der Waals surface area contributed by atoms with E-state index in [0.717, 1.165) is 35.2 Å². The molecule has 1 aromatic heterocycles. The van der Waals surface area contributed by atoms with Gasteiger partial charge in [-0.05, 0) is 23.6 Å². The number of carbonyl (C=O) groups is 2. The van der Waals surface area contributed by atoms with E-state index in [4.69, 9.17) is 4.74 Å². The van der Waals surface area contributed by atoms with Crippen molar-refractivity contribution in [2.45, 2.75) is 6.42 Å². The lowest BCUT2D eigenvalue weighted by Crippen LogP contribution is -2.36. The number of nitrogens with zero attached hydrogens (tertiary/aromatic N) is 3. The molecule has 1 N–H and O–H groups in total. The number of fused-ring (bicyclic) bond motifs is 1. The molecular weight excluding hydrogens is 392 g/mol. The molecule has 0 radical (unpaired) electrons. The van der Waals surface area contributed by atoms with Gasteiger partial charge in [0.15, 0.2) is 0 Å². The van der Waals surface area contributed by atoms with Crippen molar-refractivity contribution in [1.29, 1.82) is 0 Å². The minimum atomic E-state index is -0.410. The van der Waals surface area contributed by atoms with Crippen molar-refractivity contribution in [3.05, 3.63) is 60.8 Å².